The van der Waals surface area contributed by atoms with Crippen LogP contribution in [0.4, 0.5) is 10.5 Å². The molecule has 0 atom stereocenters. The minimum atomic E-state index is -0.315. The lowest BCUT2D eigenvalue weighted by Crippen LogP contribution is -2.11. The second-order valence-electron chi connectivity index (χ2n) is 4.16. The van der Waals surface area contributed by atoms with Crippen LogP contribution in [0.3, 0.4) is 0 Å². The van der Waals surface area contributed by atoms with Gasteiger partial charge in [0.05, 0.1) is 11.9 Å². The van der Waals surface area contributed by atoms with Crippen molar-refractivity contribution in [1.82, 2.24) is 5.32 Å². The number of hydrogen-bond acceptors (Lipinski definition) is 2. The minimum absolute atomic E-state index is 0.315. The lowest BCUT2D eigenvalue weighted by molar-refractivity contribution is 0.253. The van der Waals surface area contributed by atoms with E-state index in [9.17, 15) is 4.79 Å². The molecule has 0 saturated heterocycles. The number of rotatable bonds is 3. The monoisotopic (exact) mass is 241 g/mol. The number of urea groups is 1. The fourth-order valence-electron chi connectivity index (χ4n) is 1.55. The zero-order chi connectivity index (χ0) is 13.0. The van der Waals surface area contributed by atoms with Gasteiger partial charge in [-0.2, -0.15) is 4.99 Å². The summed E-state index contributed by atoms with van der Waals surface area (Å²) < 4.78 is 0. The molecule has 1 N–H and O–H groups in total. The van der Waals surface area contributed by atoms with Gasteiger partial charge in [0.25, 0.3) is 0 Å². The van der Waals surface area contributed by atoms with Crippen LogP contribution < -0.4 is 10.2 Å². The van der Waals surface area contributed by atoms with E-state index in [1.807, 2.05) is 44.5 Å². The van der Waals surface area contributed by atoms with E-state index < -0.39 is 0 Å². The van der Waals surface area contributed by atoms with Crippen LogP contribution >= 0.6 is 0 Å². The van der Waals surface area contributed by atoms with Gasteiger partial charge in [-0.25, -0.2) is 4.79 Å². The Morgan fingerprint density at radius 2 is 1.94 bits per heavy atom. The molecule has 0 aliphatic carbocycles. The minimum Gasteiger partial charge on any atom is -0.378 e. The van der Waals surface area contributed by atoms with E-state index in [4.69, 9.17) is 0 Å². The smallest absolute Gasteiger partial charge is 0.345 e. The molecule has 92 valence electrons. The summed E-state index contributed by atoms with van der Waals surface area (Å²) in [5, 5.41) is 2.61. The maximum Gasteiger partial charge on any atom is 0.345 e. The number of hydrogen-bond donors (Lipinski definition) is 1. The van der Waals surface area contributed by atoms with Gasteiger partial charge in [0.2, 0.25) is 0 Å². The fourth-order valence-corrected chi connectivity index (χ4v) is 1.55. The number of aliphatic imine (C=N–C) groups is 1. The summed E-state index contributed by atoms with van der Waals surface area (Å²) in [5.74, 6) is 0. The van der Waals surface area contributed by atoms with E-state index in [0.29, 0.717) is 5.70 Å². The summed E-state index contributed by atoms with van der Waals surface area (Å²) in [5.41, 5.74) is 2.99. The maximum absolute atomic E-state index is 10.8. The van der Waals surface area contributed by atoms with Crippen LogP contribution in [-0.2, 0) is 0 Å². The molecule has 0 radical (unpaired) electrons. The molecule has 0 fully saturated rings. The zero-order valence-corrected chi connectivity index (χ0v) is 10.4. The molecule has 4 heteroatoms. The first-order valence-electron chi connectivity index (χ1n) is 5.66. The Labute approximate surface area is 106 Å². The molecule has 18 heavy (non-hydrogen) atoms. The number of carbonyl (C=O) groups is 1. The Bertz CT molecular complexity index is 524. The van der Waals surface area contributed by atoms with E-state index >= 15 is 0 Å². The van der Waals surface area contributed by atoms with Crippen LogP contribution in [0, 0.1) is 0 Å². The molecule has 4 nitrogen and oxygen atoms in total. The average molecular weight is 241 g/mol. The number of nitrogens with one attached hydrogen (secondary N) is 1. The van der Waals surface area contributed by atoms with Crippen molar-refractivity contribution in [2.45, 2.75) is 0 Å². The number of carbonyl (C=O) groups excluding carboxylic acids is 1. The van der Waals surface area contributed by atoms with E-state index in [0.717, 1.165) is 5.56 Å². The van der Waals surface area contributed by atoms with Gasteiger partial charge >= 0.3 is 6.03 Å². The van der Waals surface area contributed by atoms with Crippen LogP contribution in [0.2, 0.25) is 0 Å². The predicted molar refractivity (Wildman–Crippen MR) is 74.9 cm³/mol. The second kappa shape index (κ2) is 5.31. The highest BCUT2D eigenvalue weighted by Gasteiger charge is 2.05. The highest BCUT2D eigenvalue weighted by Crippen LogP contribution is 2.13. The zero-order valence-electron chi connectivity index (χ0n) is 10.4. The SMILES string of the molecule is CN(C)c1ccc(C=CC=C2C=NC(=O)N2)cc1. The van der Waals surface area contributed by atoms with Gasteiger partial charge in [-0.3, -0.25) is 0 Å². The third-order valence-electron chi connectivity index (χ3n) is 2.55. The number of anilines is 1. The third-order valence-corrected chi connectivity index (χ3v) is 2.55. The van der Waals surface area contributed by atoms with Gasteiger partial charge < -0.3 is 10.2 Å². The van der Waals surface area contributed by atoms with Crippen LogP contribution in [0.15, 0.2) is 47.1 Å². The Morgan fingerprint density at radius 1 is 1.22 bits per heavy atom. The van der Waals surface area contributed by atoms with Crippen molar-refractivity contribution in [2.24, 2.45) is 4.99 Å². The van der Waals surface area contributed by atoms with Crippen LogP contribution in [0.1, 0.15) is 5.56 Å². The summed E-state index contributed by atoms with van der Waals surface area (Å²) >= 11 is 0. The largest absolute Gasteiger partial charge is 0.378 e. The van der Waals surface area contributed by atoms with Crippen molar-refractivity contribution in [3.63, 3.8) is 0 Å². The molecular weight excluding hydrogens is 226 g/mol. The van der Waals surface area contributed by atoms with Gasteiger partial charge in [-0.1, -0.05) is 24.3 Å². The molecule has 1 aliphatic rings. The number of amides is 2. The van der Waals surface area contributed by atoms with Crippen LogP contribution in [0.5, 0.6) is 0 Å². The normalized spacial score (nSPS) is 16.6. The fraction of sp³-hybridized carbons (Fsp3) is 0.143. The Hall–Kier alpha value is -2.36. The van der Waals surface area contributed by atoms with Crippen molar-refractivity contribution in [1.29, 1.82) is 0 Å². The molecule has 0 spiro atoms. The van der Waals surface area contributed by atoms with Crippen molar-refractivity contribution in [3.8, 4) is 0 Å². The molecule has 0 aromatic heterocycles. The van der Waals surface area contributed by atoms with Gasteiger partial charge in [0, 0.05) is 19.8 Å². The van der Waals surface area contributed by atoms with Crippen LogP contribution in [-0.4, -0.2) is 26.3 Å². The van der Waals surface area contributed by atoms with Crippen LogP contribution in [0.25, 0.3) is 6.08 Å². The Balaban J connectivity index is 2.01. The standard InChI is InChI=1S/C14H15N3O/c1-17(2)13-8-6-11(7-9-13)4-3-5-12-10-15-14(18)16-12/h3-10H,1-2H3,(H,16,18). The van der Waals surface area contributed by atoms with Crippen molar-refractivity contribution >= 4 is 24.0 Å². The summed E-state index contributed by atoms with van der Waals surface area (Å²) in [6.45, 7) is 0. The van der Waals surface area contributed by atoms with Gasteiger partial charge in [0.15, 0.2) is 0 Å². The highest BCUT2D eigenvalue weighted by molar-refractivity contribution is 6.00. The average Bonchev–Trinajstić information content (AvgIpc) is 2.76. The van der Waals surface area contributed by atoms with Crippen molar-refractivity contribution < 1.29 is 4.79 Å². The molecule has 1 aromatic rings. The molecule has 0 saturated carbocycles. The summed E-state index contributed by atoms with van der Waals surface area (Å²) in [4.78, 5) is 16.5. The molecule has 1 aliphatic heterocycles. The van der Waals surface area contributed by atoms with E-state index in [2.05, 4.69) is 27.3 Å². The quantitative estimate of drug-likeness (QED) is 0.883. The molecule has 0 bridgehead atoms. The molecule has 1 heterocycles. The maximum atomic E-state index is 10.8. The van der Waals surface area contributed by atoms with Crippen molar-refractivity contribution in [3.05, 3.63) is 47.7 Å². The van der Waals surface area contributed by atoms with Crippen molar-refractivity contribution in [2.75, 3.05) is 19.0 Å². The van der Waals surface area contributed by atoms with Gasteiger partial charge in [0.1, 0.15) is 0 Å². The van der Waals surface area contributed by atoms with Gasteiger partial charge in [-0.05, 0) is 23.8 Å². The third kappa shape index (κ3) is 3.07. The Kier molecular flexibility index (Phi) is 3.57. The molecule has 2 rings (SSSR count). The summed E-state index contributed by atoms with van der Waals surface area (Å²) in [6.07, 6.45) is 7.19. The van der Waals surface area contributed by atoms with Gasteiger partial charge in [-0.15, -0.1) is 0 Å². The lowest BCUT2D eigenvalue weighted by atomic mass is 10.2. The number of benzene rings is 1. The number of allylic oxidation sites excluding steroid dienone is 3. The van der Waals surface area contributed by atoms with E-state index in [1.165, 1.54) is 11.9 Å². The lowest BCUT2D eigenvalue weighted by Gasteiger charge is -2.11. The summed E-state index contributed by atoms with van der Waals surface area (Å²) in [7, 11) is 4.02. The van der Waals surface area contributed by atoms with E-state index in [-0.39, 0.29) is 6.03 Å². The van der Waals surface area contributed by atoms with E-state index in [1.54, 1.807) is 0 Å². The molecule has 2 amide bonds. The second-order valence-corrected chi connectivity index (χ2v) is 4.16. The first-order valence-corrected chi connectivity index (χ1v) is 5.66. The first-order chi connectivity index (χ1) is 8.65. The predicted octanol–water partition coefficient (Wildman–Crippen LogP) is 2.44. The highest BCUT2D eigenvalue weighted by atomic mass is 16.2. The summed E-state index contributed by atoms with van der Waals surface area (Å²) in [6, 6.07) is 7.90. The first kappa shape index (κ1) is 12.1. The molecule has 0 unspecified atom stereocenters. The molecular formula is C14H15N3O. The molecule has 1 aromatic carbocycles. The Morgan fingerprint density at radius 3 is 2.50 bits per heavy atom. The number of nitrogens with zero attached hydrogens (tertiary/aromatic N) is 2. The topological polar surface area (TPSA) is 44.7 Å².